The quantitative estimate of drug-likeness (QED) is 0.445. The van der Waals surface area contributed by atoms with Crippen molar-refractivity contribution in [3.8, 4) is 0 Å². The van der Waals surface area contributed by atoms with Gasteiger partial charge in [-0.2, -0.15) is 0 Å². The standard InChI is InChI=1S/C13H16O6/c14-7-10(16)12(18)13(19)11(17)9(15)6-8-4-2-1-3-5-8/h1-5,10,12-14,16,18-19H,6-7H2/t10-,12+,13+/m0/s1. The minimum atomic E-state index is -2.04. The number of Topliss-reactive ketones (excluding diaryl/α,β-unsaturated/α-hetero) is 2. The van der Waals surface area contributed by atoms with Gasteiger partial charge in [-0.05, 0) is 5.56 Å². The first kappa shape index (κ1) is 15.5. The van der Waals surface area contributed by atoms with Crippen LogP contribution in [-0.4, -0.2) is 56.9 Å². The number of carbonyl (C=O) groups excluding carboxylic acids is 2. The predicted octanol–water partition coefficient (Wildman–Crippen LogP) is -1.56. The average molecular weight is 268 g/mol. The van der Waals surface area contributed by atoms with Crippen LogP contribution in [0.15, 0.2) is 30.3 Å². The van der Waals surface area contributed by atoms with Crippen molar-refractivity contribution in [3.05, 3.63) is 35.9 Å². The molecular formula is C13H16O6. The zero-order valence-corrected chi connectivity index (χ0v) is 10.1. The highest BCUT2D eigenvalue weighted by Gasteiger charge is 2.33. The molecule has 0 saturated heterocycles. The fourth-order valence-corrected chi connectivity index (χ4v) is 1.51. The van der Waals surface area contributed by atoms with Crippen LogP contribution < -0.4 is 0 Å². The van der Waals surface area contributed by atoms with Gasteiger partial charge in [0.25, 0.3) is 0 Å². The maximum absolute atomic E-state index is 11.6. The van der Waals surface area contributed by atoms with Gasteiger partial charge in [-0.3, -0.25) is 9.59 Å². The minimum absolute atomic E-state index is 0.196. The van der Waals surface area contributed by atoms with Gasteiger partial charge in [-0.1, -0.05) is 30.3 Å². The summed E-state index contributed by atoms with van der Waals surface area (Å²) in [6, 6.07) is 8.46. The van der Waals surface area contributed by atoms with Gasteiger partial charge in [0, 0.05) is 6.42 Å². The van der Waals surface area contributed by atoms with Gasteiger partial charge in [0.1, 0.15) is 18.3 Å². The van der Waals surface area contributed by atoms with Crippen molar-refractivity contribution in [1.29, 1.82) is 0 Å². The lowest BCUT2D eigenvalue weighted by Crippen LogP contribution is -2.46. The van der Waals surface area contributed by atoms with E-state index in [1.807, 2.05) is 0 Å². The van der Waals surface area contributed by atoms with Gasteiger partial charge >= 0.3 is 0 Å². The summed E-state index contributed by atoms with van der Waals surface area (Å²) in [5.74, 6) is -2.06. The molecule has 4 N–H and O–H groups in total. The number of hydrogen-bond donors (Lipinski definition) is 4. The third-order valence-electron chi connectivity index (χ3n) is 2.66. The Balaban J connectivity index is 2.64. The van der Waals surface area contributed by atoms with Gasteiger partial charge in [-0.15, -0.1) is 0 Å². The van der Waals surface area contributed by atoms with E-state index in [4.69, 9.17) is 10.2 Å². The molecule has 0 fully saturated rings. The third kappa shape index (κ3) is 4.22. The molecule has 0 aliphatic heterocycles. The molecule has 0 heterocycles. The summed E-state index contributed by atoms with van der Waals surface area (Å²) in [4.78, 5) is 23.2. The van der Waals surface area contributed by atoms with Crippen molar-refractivity contribution < 1.29 is 30.0 Å². The summed E-state index contributed by atoms with van der Waals surface area (Å²) < 4.78 is 0. The number of rotatable bonds is 7. The summed E-state index contributed by atoms with van der Waals surface area (Å²) in [5, 5.41) is 36.5. The molecule has 104 valence electrons. The Kier molecular flexibility index (Phi) is 5.78. The summed E-state index contributed by atoms with van der Waals surface area (Å²) in [6.45, 7) is -0.821. The Hall–Kier alpha value is -1.60. The summed E-state index contributed by atoms with van der Waals surface area (Å²) in [7, 11) is 0. The maximum atomic E-state index is 11.6. The van der Waals surface area contributed by atoms with Crippen LogP contribution >= 0.6 is 0 Å². The van der Waals surface area contributed by atoms with Crippen LogP contribution in [0.2, 0.25) is 0 Å². The van der Waals surface area contributed by atoms with Gasteiger partial charge in [0.2, 0.25) is 11.6 Å². The monoisotopic (exact) mass is 268 g/mol. The van der Waals surface area contributed by atoms with Crippen molar-refractivity contribution >= 4 is 11.6 Å². The second-order valence-corrected chi connectivity index (χ2v) is 4.14. The van der Waals surface area contributed by atoms with Crippen molar-refractivity contribution in [2.24, 2.45) is 0 Å². The minimum Gasteiger partial charge on any atom is -0.394 e. The second-order valence-electron chi connectivity index (χ2n) is 4.14. The van der Waals surface area contributed by atoms with Crippen molar-refractivity contribution in [1.82, 2.24) is 0 Å². The number of aliphatic hydroxyl groups excluding tert-OH is 4. The fourth-order valence-electron chi connectivity index (χ4n) is 1.51. The number of hydrogen-bond acceptors (Lipinski definition) is 6. The molecule has 1 aromatic carbocycles. The van der Waals surface area contributed by atoms with E-state index in [-0.39, 0.29) is 6.42 Å². The highest BCUT2D eigenvalue weighted by Crippen LogP contribution is 2.06. The van der Waals surface area contributed by atoms with Crippen molar-refractivity contribution in [2.45, 2.75) is 24.7 Å². The first-order valence-electron chi connectivity index (χ1n) is 5.73. The topological polar surface area (TPSA) is 115 Å². The molecular weight excluding hydrogens is 252 g/mol. The van der Waals surface area contributed by atoms with Crippen LogP contribution in [0.3, 0.4) is 0 Å². The van der Waals surface area contributed by atoms with Gasteiger partial charge in [0.05, 0.1) is 6.61 Å². The molecule has 6 heteroatoms. The molecule has 0 bridgehead atoms. The van der Waals surface area contributed by atoms with E-state index in [9.17, 15) is 19.8 Å². The Morgan fingerprint density at radius 3 is 2.16 bits per heavy atom. The molecule has 1 rings (SSSR count). The molecule has 0 unspecified atom stereocenters. The van der Waals surface area contributed by atoms with E-state index in [1.165, 1.54) is 0 Å². The number of benzene rings is 1. The van der Waals surface area contributed by atoms with E-state index in [0.29, 0.717) is 5.56 Å². The molecule has 0 aliphatic carbocycles. The summed E-state index contributed by atoms with van der Waals surface area (Å²) >= 11 is 0. The molecule has 3 atom stereocenters. The lowest BCUT2D eigenvalue weighted by Gasteiger charge is -2.19. The number of aliphatic hydroxyl groups is 4. The van der Waals surface area contributed by atoms with Crippen LogP contribution in [0.4, 0.5) is 0 Å². The Labute approximate surface area is 109 Å². The molecule has 19 heavy (non-hydrogen) atoms. The van der Waals surface area contributed by atoms with E-state index >= 15 is 0 Å². The highest BCUT2D eigenvalue weighted by molar-refractivity contribution is 6.39. The van der Waals surface area contributed by atoms with Gasteiger partial charge < -0.3 is 20.4 Å². The molecule has 6 nitrogen and oxygen atoms in total. The average Bonchev–Trinajstić information content (AvgIpc) is 2.44. The lowest BCUT2D eigenvalue weighted by molar-refractivity contribution is -0.149. The highest BCUT2D eigenvalue weighted by atomic mass is 16.4. The van der Waals surface area contributed by atoms with E-state index in [2.05, 4.69) is 0 Å². The van der Waals surface area contributed by atoms with Crippen molar-refractivity contribution in [3.63, 3.8) is 0 Å². The largest absolute Gasteiger partial charge is 0.394 e. The Bertz CT molecular complexity index is 430. The third-order valence-corrected chi connectivity index (χ3v) is 2.66. The lowest BCUT2D eigenvalue weighted by atomic mass is 9.98. The Morgan fingerprint density at radius 1 is 1.05 bits per heavy atom. The van der Waals surface area contributed by atoms with Crippen LogP contribution in [0, 0.1) is 0 Å². The molecule has 0 aliphatic rings. The first-order chi connectivity index (χ1) is 8.97. The van der Waals surface area contributed by atoms with E-state index in [0.717, 1.165) is 0 Å². The fraction of sp³-hybridized carbons (Fsp3) is 0.385. The first-order valence-corrected chi connectivity index (χ1v) is 5.73. The second kappa shape index (κ2) is 7.10. The van der Waals surface area contributed by atoms with Crippen LogP contribution in [0.25, 0.3) is 0 Å². The van der Waals surface area contributed by atoms with Crippen LogP contribution in [0.1, 0.15) is 5.56 Å². The van der Waals surface area contributed by atoms with E-state index in [1.54, 1.807) is 30.3 Å². The normalized spacial score (nSPS) is 15.6. The number of ketones is 2. The molecule has 0 radical (unpaired) electrons. The maximum Gasteiger partial charge on any atom is 0.229 e. The van der Waals surface area contributed by atoms with Crippen LogP contribution in [0.5, 0.6) is 0 Å². The van der Waals surface area contributed by atoms with Gasteiger partial charge in [-0.25, -0.2) is 0 Å². The smallest absolute Gasteiger partial charge is 0.229 e. The number of carbonyl (C=O) groups is 2. The van der Waals surface area contributed by atoms with Gasteiger partial charge in [0.15, 0.2) is 0 Å². The zero-order chi connectivity index (χ0) is 14.4. The van der Waals surface area contributed by atoms with E-state index < -0.39 is 36.5 Å². The molecule has 0 amide bonds. The van der Waals surface area contributed by atoms with Crippen molar-refractivity contribution in [2.75, 3.05) is 6.61 Å². The van der Waals surface area contributed by atoms with Crippen LogP contribution in [-0.2, 0) is 16.0 Å². The summed E-state index contributed by atoms with van der Waals surface area (Å²) in [5.41, 5.74) is 0.602. The molecule has 0 aromatic heterocycles. The predicted molar refractivity (Wildman–Crippen MR) is 65.3 cm³/mol. The molecule has 0 spiro atoms. The summed E-state index contributed by atoms with van der Waals surface area (Å²) in [6.07, 6.45) is -5.81. The SMILES string of the molecule is O=C(Cc1ccccc1)C(=O)[C@@H](O)[C@H](O)[C@@H](O)CO. The molecule has 0 saturated carbocycles. The Morgan fingerprint density at radius 2 is 1.63 bits per heavy atom. The zero-order valence-electron chi connectivity index (χ0n) is 10.1. The molecule has 1 aromatic rings.